The molecule has 0 radical (unpaired) electrons. The van der Waals surface area contributed by atoms with Crippen molar-refractivity contribution in [3.8, 4) is 5.75 Å². The van der Waals surface area contributed by atoms with Gasteiger partial charge in [0.25, 0.3) is 5.91 Å². The fourth-order valence-electron chi connectivity index (χ4n) is 1.93. The first-order valence-corrected chi connectivity index (χ1v) is 5.98. The highest BCUT2D eigenvalue weighted by Crippen LogP contribution is 2.15. The van der Waals surface area contributed by atoms with Gasteiger partial charge in [0.2, 0.25) is 0 Å². The van der Waals surface area contributed by atoms with Gasteiger partial charge < -0.3 is 15.2 Å². The van der Waals surface area contributed by atoms with Gasteiger partial charge in [-0.2, -0.15) is 0 Å². The number of carbonyl (C=O) groups is 3. The van der Waals surface area contributed by atoms with Crippen molar-refractivity contribution in [3.05, 3.63) is 29.8 Å². The largest absolute Gasteiger partial charge is 0.508 e. The van der Waals surface area contributed by atoms with Gasteiger partial charge in [0.05, 0.1) is 7.11 Å². The Hall–Kier alpha value is -2.57. The lowest BCUT2D eigenvalue weighted by Crippen LogP contribution is -2.36. The van der Waals surface area contributed by atoms with E-state index in [4.69, 9.17) is 0 Å². The van der Waals surface area contributed by atoms with Crippen LogP contribution >= 0.6 is 0 Å². The van der Waals surface area contributed by atoms with E-state index in [2.05, 4.69) is 10.1 Å². The normalized spacial score (nSPS) is 18.1. The van der Waals surface area contributed by atoms with Crippen molar-refractivity contribution in [2.75, 3.05) is 13.7 Å². The second-order valence-electron chi connectivity index (χ2n) is 4.37. The molecule has 1 fully saturated rings. The quantitative estimate of drug-likeness (QED) is 0.598. The molecule has 0 aliphatic carbocycles. The number of urea groups is 1. The zero-order valence-corrected chi connectivity index (χ0v) is 10.8. The number of hydrogen-bond acceptors (Lipinski definition) is 5. The molecule has 1 unspecified atom stereocenters. The Bertz CT molecular complexity index is 540. The van der Waals surface area contributed by atoms with Gasteiger partial charge in [0.1, 0.15) is 18.3 Å². The van der Waals surface area contributed by atoms with E-state index in [0.29, 0.717) is 6.42 Å². The van der Waals surface area contributed by atoms with Crippen LogP contribution in [0.1, 0.15) is 5.56 Å². The number of amides is 3. The van der Waals surface area contributed by atoms with E-state index in [1.54, 1.807) is 12.1 Å². The molecule has 3 amide bonds. The number of hydrogen-bond donors (Lipinski definition) is 2. The second-order valence-corrected chi connectivity index (χ2v) is 4.37. The fourth-order valence-corrected chi connectivity index (χ4v) is 1.93. The van der Waals surface area contributed by atoms with Gasteiger partial charge in [-0.05, 0) is 17.7 Å². The highest BCUT2D eigenvalue weighted by Gasteiger charge is 2.39. The first kappa shape index (κ1) is 13.9. The number of nitrogens with one attached hydrogen (secondary N) is 1. The lowest BCUT2D eigenvalue weighted by atomic mass is 10.1. The van der Waals surface area contributed by atoms with Crippen LogP contribution in [-0.4, -0.2) is 47.6 Å². The molecule has 0 saturated carbocycles. The van der Waals surface area contributed by atoms with Crippen LogP contribution in [0.25, 0.3) is 0 Å². The summed E-state index contributed by atoms with van der Waals surface area (Å²) in [6, 6.07) is 5.02. The summed E-state index contributed by atoms with van der Waals surface area (Å²) < 4.78 is 4.43. The zero-order valence-electron chi connectivity index (χ0n) is 10.8. The molecule has 0 spiro atoms. The number of imide groups is 1. The van der Waals surface area contributed by atoms with Gasteiger partial charge in [-0.25, -0.2) is 4.79 Å². The standard InChI is InChI=1S/C13H14N2O5/c1-20-11(17)7-15-12(18)10(14-13(15)19)6-8-2-4-9(16)5-3-8/h2-5,10,16H,6-7H2,1H3,(H,14,19). The van der Waals surface area contributed by atoms with Gasteiger partial charge in [0.15, 0.2) is 0 Å². The molecule has 1 aliphatic rings. The molecule has 0 bridgehead atoms. The molecule has 1 atom stereocenters. The molecule has 2 N–H and O–H groups in total. The van der Waals surface area contributed by atoms with Gasteiger partial charge in [-0.15, -0.1) is 0 Å². The Morgan fingerprint density at radius 3 is 2.60 bits per heavy atom. The van der Waals surface area contributed by atoms with Crippen LogP contribution < -0.4 is 5.32 Å². The van der Waals surface area contributed by atoms with E-state index in [1.165, 1.54) is 19.2 Å². The first-order chi connectivity index (χ1) is 9.51. The van der Waals surface area contributed by atoms with Gasteiger partial charge in [0, 0.05) is 6.42 Å². The highest BCUT2D eigenvalue weighted by atomic mass is 16.5. The maximum atomic E-state index is 12.0. The predicted octanol–water partition coefficient (Wildman–Crippen LogP) is 0.0281. The molecule has 1 saturated heterocycles. The smallest absolute Gasteiger partial charge is 0.325 e. The lowest BCUT2D eigenvalue weighted by molar-refractivity contribution is -0.144. The van der Waals surface area contributed by atoms with Crippen LogP contribution in [0.15, 0.2) is 24.3 Å². The average Bonchev–Trinajstić information content (AvgIpc) is 2.69. The average molecular weight is 278 g/mol. The summed E-state index contributed by atoms with van der Waals surface area (Å²) in [5.41, 5.74) is 0.793. The third-order valence-corrected chi connectivity index (χ3v) is 3.00. The molecule has 106 valence electrons. The minimum absolute atomic E-state index is 0.128. The minimum Gasteiger partial charge on any atom is -0.508 e. The minimum atomic E-state index is -0.711. The summed E-state index contributed by atoms with van der Waals surface area (Å²) in [6.07, 6.45) is 0.294. The molecule has 1 aromatic rings. The van der Waals surface area contributed by atoms with Crippen LogP contribution in [0, 0.1) is 0 Å². The van der Waals surface area contributed by atoms with Crippen molar-refractivity contribution in [2.45, 2.75) is 12.5 Å². The first-order valence-electron chi connectivity index (χ1n) is 5.98. The van der Waals surface area contributed by atoms with E-state index in [1.807, 2.05) is 0 Å². The van der Waals surface area contributed by atoms with Crippen molar-refractivity contribution in [2.24, 2.45) is 0 Å². The SMILES string of the molecule is COC(=O)CN1C(=O)NC(Cc2ccc(O)cc2)C1=O. The molecule has 1 heterocycles. The summed E-state index contributed by atoms with van der Waals surface area (Å²) in [6.45, 7) is -0.396. The van der Waals surface area contributed by atoms with Crippen molar-refractivity contribution in [1.82, 2.24) is 10.2 Å². The third kappa shape index (κ3) is 2.87. The molecule has 7 nitrogen and oxygen atoms in total. The molecule has 0 aromatic heterocycles. The highest BCUT2D eigenvalue weighted by molar-refractivity contribution is 6.06. The van der Waals surface area contributed by atoms with E-state index in [0.717, 1.165) is 10.5 Å². The molecular weight excluding hydrogens is 264 g/mol. The van der Waals surface area contributed by atoms with Gasteiger partial charge >= 0.3 is 12.0 Å². The molecular formula is C13H14N2O5. The van der Waals surface area contributed by atoms with E-state index < -0.39 is 30.5 Å². The molecule has 1 aliphatic heterocycles. The van der Waals surface area contributed by atoms with Crippen LogP contribution in [0.4, 0.5) is 4.79 Å². The van der Waals surface area contributed by atoms with Crippen LogP contribution in [-0.2, 0) is 20.7 Å². The van der Waals surface area contributed by atoms with Gasteiger partial charge in [-0.1, -0.05) is 12.1 Å². The van der Waals surface area contributed by atoms with Crippen molar-refractivity contribution >= 4 is 17.9 Å². The maximum absolute atomic E-state index is 12.0. The van der Waals surface area contributed by atoms with Gasteiger partial charge in [-0.3, -0.25) is 14.5 Å². The summed E-state index contributed by atoms with van der Waals surface area (Å²) in [4.78, 5) is 35.6. The number of rotatable bonds is 4. The number of benzene rings is 1. The zero-order chi connectivity index (χ0) is 14.7. The fraction of sp³-hybridized carbons (Fsp3) is 0.308. The number of esters is 1. The Morgan fingerprint density at radius 1 is 1.35 bits per heavy atom. The number of carbonyl (C=O) groups excluding carboxylic acids is 3. The van der Waals surface area contributed by atoms with E-state index >= 15 is 0 Å². The number of methoxy groups -OCH3 is 1. The molecule has 1 aromatic carbocycles. The van der Waals surface area contributed by atoms with Crippen molar-refractivity contribution < 1.29 is 24.2 Å². The Morgan fingerprint density at radius 2 is 2.00 bits per heavy atom. The number of ether oxygens (including phenoxy) is 1. The maximum Gasteiger partial charge on any atom is 0.325 e. The lowest BCUT2D eigenvalue weighted by Gasteiger charge is -2.11. The Kier molecular flexibility index (Phi) is 3.88. The van der Waals surface area contributed by atoms with Crippen molar-refractivity contribution in [3.63, 3.8) is 0 Å². The molecule has 7 heteroatoms. The Balaban J connectivity index is 2.04. The number of nitrogens with zero attached hydrogens (tertiary/aromatic N) is 1. The monoisotopic (exact) mass is 278 g/mol. The Labute approximate surface area is 115 Å². The second kappa shape index (κ2) is 5.60. The predicted molar refractivity (Wildman–Crippen MR) is 67.9 cm³/mol. The third-order valence-electron chi connectivity index (χ3n) is 3.00. The summed E-state index contributed by atoms with van der Waals surface area (Å²) in [7, 11) is 1.19. The van der Waals surface area contributed by atoms with E-state index in [-0.39, 0.29) is 5.75 Å². The number of aromatic hydroxyl groups is 1. The van der Waals surface area contributed by atoms with E-state index in [9.17, 15) is 19.5 Å². The molecule has 20 heavy (non-hydrogen) atoms. The molecule has 2 rings (SSSR count). The van der Waals surface area contributed by atoms with Crippen LogP contribution in [0.2, 0.25) is 0 Å². The summed E-state index contributed by atoms with van der Waals surface area (Å²) >= 11 is 0. The summed E-state index contributed by atoms with van der Waals surface area (Å²) in [5, 5.41) is 11.7. The van der Waals surface area contributed by atoms with Crippen LogP contribution in [0.3, 0.4) is 0 Å². The number of phenols is 1. The van der Waals surface area contributed by atoms with Crippen LogP contribution in [0.5, 0.6) is 5.75 Å². The topological polar surface area (TPSA) is 95.9 Å². The summed E-state index contributed by atoms with van der Waals surface area (Å²) in [5.74, 6) is -0.991. The number of phenolic OH excluding ortho intramolecular Hbond substituents is 1. The van der Waals surface area contributed by atoms with Crippen molar-refractivity contribution in [1.29, 1.82) is 0 Å².